The van der Waals surface area contributed by atoms with Crippen LogP contribution in [0.1, 0.15) is 11.1 Å². The molecule has 0 radical (unpaired) electrons. The molecule has 0 bridgehead atoms. The van der Waals surface area contributed by atoms with Gasteiger partial charge in [0.1, 0.15) is 10.8 Å². The molecule has 0 saturated heterocycles. The maximum absolute atomic E-state index is 12.3. The Morgan fingerprint density at radius 3 is 2.65 bits per heavy atom. The molecule has 1 heterocycles. The fourth-order valence-corrected chi connectivity index (χ4v) is 5.49. The standard InChI is InChI=1S/C24H18Br2N2O2S/c1-30-23-17(12-18(25)13-19(23)26)10-11-22(29)27-14-15-6-8-16(9-7-15)24-28-20-4-2-3-5-21(20)31-24/h2-13H,14H2,1H3,(H,27,29). The summed E-state index contributed by atoms with van der Waals surface area (Å²) in [6.07, 6.45) is 3.24. The molecule has 0 unspecified atom stereocenters. The fraction of sp³-hybridized carbons (Fsp3) is 0.0833. The summed E-state index contributed by atoms with van der Waals surface area (Å²) >= 11 is 8.60. The SMILES string of the molecule is COc1c(Br)cc(Br)cc1C=CC(=O)NCc1ccc(-c2nc3ccccc3s2)cc1. The first-order chi connectivity index (χ1) is 15.0. The van der Waals surface area contributed by atoms with E-state index in [0.717, 1.165) is 36.2 Å². The van der Waals surface area contributed by atoms with Crippen LogP contribution in [0.15, 0.2) is 75.7 Å². The number of benzene rings is 3. The van der Waals surface area contributed by atoms with E-state index in [0.29, 0.717) is 12.3 Å². The average molecular weight is 558 g/mol. The number of fused-ring (bicyclic) bond motifs is 1. The second-order valence-electron chi connectivity index (χ2n) is 6.74. The van der Waals surface area contributed by atoms with Crippen molar-refractivity contribution in [3.63, 3.8) is 0 Å². The molecule has 4 nitrogen and oxygen atoms in total. The van der Waals surface area contributed by atoms with E-state index in [9.17, 15) is 4.79 Å². The predicted octanol–water partition coefficient (Wildman–Crippen LogP) is 6.83. The molecule has 4 rings (SSSR count). The van der Waals surface area contributed by atoms with Gasteiger partial charge in [-0.25, -0.2) is 4.98 Å². The number of methoxy groups -OCH3 is 1. The third-order valence-corrected chi connectivity index (χ3v) is 6.75. The second kappa shape index (κ2) is 9.77. The van der Waals surface area contributed by atoms with Crippen LogP contribution in [0.3, 0.4) is 0 Å². The van der Waals surface area contributed by atoms with Gasteiger partial charge in [-0.15, -0.1) is 11.3 Å². The van der Waals surface area contributed by atoms with Gasteiger partial charge in [0.05, 0.1) is 21.8 Å². The number of hydrogen-bond acceptors (Lipinski definition) is 4. The fourth-order valence-electron chi connectivity index (χ4n) is 3.09. The normalized spacial score (nSPS) is 11.2. The van der Waals surface area contributed by atoms with Gasteiger partial charge < -0.3 is 10.1 Å². The van der Waals surface area contributed by atoms with Gasteiger partial charge in [-0.05, 0) is 51.8 Å². The van der Waals surface area contributed by atoms with E-state index in [1.165, 1.54) is 10.8 Å². The summed E-state index contributed by atoms with van der Waals surface area (Å²) in [6, 6.07) is 20.0. The van der Waals surface area contributed by atoms with Crippen molar-refractivity contribution in [2.45, 2.75) is 6.54 Å². The molecule has 0 atom stereocenters. The highest BCUT2D eigenvalue weighted by Gasteiger charge is 2.08. The van der Waals surface area contributed by atoms with Gasteiger partial charge in [0.25, 0.3) is 0 Å². The van der Waals surface area contributed by atoms with Crippen LogP contribution in [0.25, 0.3) is 26.9 Å². The molecule has 0 saturated carbocycles. The first kappa shape index (κ1) is 21.7. The minimum Gasteiger partial charge on any atom is -0.495 e. The molecule has 7 heteroatoms. The number of ether oxygens (including phenoxy) is 1. The van der Waals surface area contributed by atoms with Gasteiger partial charge in [-0.1, -0.05) is 52.3 Å². The van der Waals surface area contributed by atoms with Crippen molar-refractivity contribution in [2.24, 2.45) is 0 Å². The van der Waals surface area contributed by atoms with Crippen LogP contribution in [-0.2, 0) is 11.3 Å². The van der Waals surface area contributed by atoms with Gasteiger partial charge in [-0.3, -0.25) is 4.79 Å². The Hall–Kier alpha value is -2.48. The number of nitrogens with one attached hydrogen (secondary N) is 1. The molecule has 0 aliphatic rings. The first-order valence-corrected chi connectivity index (χ1v) is 11.9. The molecule has 0 aliphatic carbocycles. The van der Waals surface area contributed by atoms with Gasteiger partial charge in [0.15, 0.2) is 0 Å². The Kier molecular flexibility index (Phi) is 6.85. The molecular formula is C24H18Br2N2O2S. The molecular weight excluding hydrogens is 540 g/mol. The lowest BCUT2D eigenvalue weighted by Crippen LogP contribution is -2.20. The molecule has 0 aliphatic heterocycles. The topological polar surface area (TPSA) is 51.2 Å². The van der Waals surface area contributed by atoms with Crippen LogP contribution in [0.4, 0.5) is 0 Å². The third-order valence-electron chi connectivity index (χ3n) is 4.62. The number of carbonyl (C=O) groups is 1. The lowest BCUT2D eigenvalue weighted by Gasteiger charge is -2.08. The number of hydrogen-bond donors (Lipinski definition) is 1. The molecule has 3 aromatic carbocycles. The Morgan fingerprint density at radius 2 is 1.90 bits per heavy atom. The van der Waals surface area contributed by atoms with E-state index in [-0.39, 0.29) is 5.91 Å². The minimum atomic E-state index is -0.173. The average Bonchev–Trinajstić information content (AvgIpc) is 3.20. The van der Waals surface area contributed by atoms with Crippen LogP contribution < -0.4 is 10.1 Å². The van der Waals surface area contributed by atoms with Crippen LogP contribution in [-0.4, -0.2) is 18.0 Å². The number of thiazole rings is 1. The number of carbonyl (C=O) groups excluding carboxylic acids is 1. The lowest BCUT2D eigenvalue weighted by atomic mass is 10.1. The minimum absolute atomic E-state index is 0.173. The maximum atomic E-state index is 12.3. The number of rotatable bonds is 6. The van der Waals surface area contributed by atoms with E-state index < -0.39 is 0 Å². The van der Waals surface area contributed by atoms with E-state index in [2.05, 4.69) is 48.2 Å². The Morgan fingerprint density at radius 1 is 1.13 bits per heavy atom. The van der Waals surface area contributed by atoms with Gasteiger partial charge >= 0.3 is 0 Å². The summed E-state index contributed by atoms with van der Waals surface area (Å²) < 4.78 is 8.29. The summed E-state index contributed by atoms with van der Waals surface area (Å²) in [5, 5.41) is 3.91. The summed E-state index contributed by atoms with van der Waals surface area (Å²) in [7, 11) is 1.60. The highest BCUT2D eigenvalue weighted by molar-refractivity contribution is 9.11. The summed E-state index contributed by atoms with van der Waals surface area (Å²) in [5.74, 6) is 0.506. The Labute approximate surface area is 201 Å². The third kappa shape index (κ3) is 5.23. The van der Waals surface area contributed by atoms with Crippen LogP contribution >= 0.6 is 43.2 Å². The zero-order chi connectivity index (χ0) is 21.8. The monoisotopic (exact) mass is 556 g/mol. The maximum Gasteiger partial charge on any atom is 0.244 e. The second-order valence-corrected chi connectivity index (χ2v) is 9.55. The van der Waals surface area contributed by atoms with Crippen molar-refractivity contribution in [3.05, 3.63) is 86.8 Å². The van der Waals surface area contributed by atoms with Crippen molar-refractivity contribution < 1.29 is 9.53 Å². The van der Waals surface area contributed by atoms with Crippen LogP contribution in [0.2, 0.25) is 0 Å². The first-order valence-electron chi connectivity index (χ1n) is 9.47. The van der Waals surface area contributed by atoms with E-state index in [1.54, 1.807) is 24.5 Å². The van der Waals surface area contributed by atoms with E-state index in [1.807, 2.05) is 54.6 Å². The van der Waals surface area contributed by atoms with Gasteiger partial charge in [0, 0.05) is 28.2 Å². The molecule has 156 valence electrons. The van der Waals surface area contributed by atoms with Crippen molar-refractivity contribution >= 4 is 65.4 Å². The number of para-hydroxylation sites is 1. The molecule has 0 spiro atoms. The Balaban J connectivity index is 1.39. The molecule has 1 N–H and O–H groups in total. The van der Waals surface area contributed by atoms with Crippen LogP contribution in [0, 0.1) is 0 Å². The van der Waals surface area contributed by atoms with Crippen molar-refractivity contribution in [3.8, 4) is 16.3 Å². The number of halogens is 2. The van der Waals surface area contributed by atoms with E-state index >= 15 is 0 Å². The lowest BCUT2D eigenvalue weighted by molar-refractivity contribution is -0.116. The molecule has 0 fully saturated rings. The Bertz CT molecular complexity index is 1230. The smallest absolute Gasteiger partial charge is 0.244 e. The summed E-state index contributed by atoms with van der Waals surface area (Å²) in [6.45, 7) is 0.447. The van der Waals surface area contributed by atoms with E-state index in [4.69, 9.17) is 4.74 Å². The van der Waals surface area contributed by atoms with Crippen molar-refractivity contribution in [1.82, 2.24) is 10.3 Å². The molecule has 4 aromatic rings. The molecule has 31 heavy (non-hydrogen) atoms. The van der Waals surface area contributed by atoms with Crippen LogP contribution in [0.5, 0.6) is 5.75 Å². The van der Waals surface area contributed by atoms with Crippen molar-refractivity contribution in [2.75, 3.05) is 7.11 Å². The molecule has 1 aromatic heterocycles. The number of nitrogens with zero attached hydrogens (tertiary/aromatic N) is 1. The zero-order valence-electron chi connectivity index (χ0n) is 16.6. The summed E-state index contributed by atoms with van der Waals surface area (Å²) in [4.78, 5) is 17.0. The van der Waals surface area contributed by atoms with Gasteiger partial charge in [-0.2, -0.15) is 0 Å². The predicted molar refractivity (Wildman–Crippen MR) is 134 cm³/mol. The van der Waals surface area contributed by atoms with Gasteiger partial charge in [0.2, 0.25) is 5.91 Å². The number of amides is 1. The van der Waals surface area contributed by atoms with Crippen molar-refractivity contribution in [1.29, 1.82) is 0 Å². The zero-order valence-corrected chi connectivity index (χ0v) is 20.6. The quantitative estimate of drug-likeness (QED) is 0.264. The largest absolute Gasteiger partial charge is 0.495 e. The molecule has 1 amide bonds. The number of aromatic nitrogens is 1. The highest BCUT2D eigenvalue weighted by Crippen LogP contribution is 2.33. The highest BCUT2D eigenvalue weighted by atomic mass is 79.9. The summed E-state index contributed by atoms with van der Waals surface area (Å²) in [5.41, 5.74) is 3.91.